The number of methoxy groups -OCH3 is 1. The van der Waals surface area contributed by atoms with Crippen LogP contribution in [-0.2, 0) is 31.8 Å². The van der Waals surface area contributed by atoms with Crippen LogP contribution in [-0.4, -0.2) is 71.2 Å². The zero-order chi connectivity index (χ0) is 29.8. The second kappa shape index (κ2) is 13.8. The third-order valence-corrected chi connectivity index (χ3v) is 9.63. The van der Waals surface area contributed by atoms with Gasteiger partial charge in [-0.05, 0) is 68.1 Å². The molecular formula is C34H47NO7. The Bertz CT molecular complexity index is 1220. The molecule has 4 aliphatic rings. The molecule has 8 nitrogen and oxygen atoms in total. The summed E-state index contributed by atoms with van der Waals surface area (Å²) in [5.74, 6) is 0.528. The number of hydrogen-bond donors (Lipinski definition) is 3. The number of hydrogen-bond acceptors (Lipinski definition) is 8. The number of cyclic esters (lactones) is 1. The van der Waals surface area contributed by atoms with Crippen molar-refractivity contribution in [2.45, 2.75) is 89.8 Å². The molecule has 1 aromatic rings. The van der Waals surface area contributed by atoms with E-state index in [1.807, 2.05) is 6.92 Å². The second-order valence-electron chi connectivity index (χ2n) is 12.2. The highest BCUT2D eigenvalue weighted by molar-refractivity contribution is 5.94. The molecule has 0 bridgehead atoms. The second-order valence-corrected chi connectivity index (χ2v) is 12.2. The van der Waals surface area contributed by atoms with Gasteiger partial charge in [0, 0.05) is 24.5 Å². The summed E-state index contributed by atoms with van der Waals surface area (Å²) in [6, 6.07) is 9.03. The number of nitrogens with zero attached hydrogens (tertiary/aromatic N) is 1. The number of aliphatic hydroxyl groups is 3. The lowest BCUT2D eigenvalue weighted by Gasteiger charge is -2.49. The van der Waals surface area contributed by atoms with E-state index in [2.05, 4.69) is 42.2 Å². The maximum Gasteiger partial charge on any atom is 0.345 e. The minimum Gasteiger partial charge on any atom is -0.492 e. The van der Waals surface area contributed by atoms with Gasteiger partial charge >= 0.3 is 5.97 Å². The molecular weight excluding hydrogens is 534 g/mol. The molecule has 4 aliphatic heterocycles. The molecule has 4 heterocycles. The van der Waals surface area contributed by atoms with Crippen molar-refractivity contribution >= 4 is 5.97 Å². The number of aryl methyl sites for hydroxylation is 1. The van der Waals surface area contributed by atoms with E-state index in [0.29, 0.717) is 18.1 Å². The smallest absolute Gasteiger partial charge is 0.345 e. The predicted octanol–water partition coefficient (Wildman–Crippen LogP) is 4.39. The van der Waals surface area contributed by atoms with E-state index in [9.17, 15) is 20.1 Å². The summed E-state index contributed by atoms with van der Waals surface area (Å²) in [5, 5.41) is 31.8. The number of ether oxygens (including phenoxy) is 3. The number of aliphatic hydroxyl groups excluding tert-OH is 3. The number of unbranched alkanes of at least 4 members (excludes halogenated alkanes) is 2. The van der Waals surface area contributed by atoms with Crippen LogP contribution in [0.2, 0.25) is 0 Å². The van der Waals surface area contributed by atoms with Crippen molar-refractivity contribution < 1.29 is 34.3 Å². The van der Waals surface area contributed by atoms with Crippen molar-refractivity contribution in [3.63, 3.8) is 0 Å². The van der Waals surface area contributed by atoms with Gasteiger partial charge in [-0.1, -0.05) is 51.0 Å². The van der Waals surface area contributed by atoms with Crippen LogP contribution in [0.4, 0.5) is 0 Å². The summed E-state index contributed by atoms with van der Waals surface area (Å²) >= 11 is 0. The Kier molecular flexibility index (Phi) is 10.1. The standard InChI is InChI=1S/C34H47NO7/c1-4-6-7-10-21-11-8-12-22(15-21)16-23-17-26(28(38)5-2)35-14-9-13-29-30(27(35)18-23)24(19-36)32(41-29)33-31(40-3)25(20-37)34(39)42-33/h8,11-13,15,23-24,26-28,30,36-38H,4-7,9-10,14,16-20H2,1-3H3. The number of benzene rings is 1. The van der Waals surface area contributed by atoms with E-state index in [1.165, 1.54) is 37.5 Å². The zero-order valence-corrected chi connectivity index (χ0v) is 25.3. The molecule has 3 N–H and O–H groups in total. The molecule has 5 rings (SSSR count). The molecule has 0 spiro atoms. The van der Waals surface area contributed by atoms with Gasteiger partial charge < -0.3 is 29.5 Å². The number of rotatable bonds is 11. The molecule has 0 aliphatic carbocycles. The first-order valence-electron chi connectivity index (χ1n) is 15.8. The highest BCUT2D eigenvalue weighted by Gasteiger charge is 2.52. The molecule has 0 radical (unpaired) electrons. The normalized spacial score (nSPS) is 30.3. The van der Waals surface area contributed by atoms with Gasteiger partial charge in [-0.2, -0.15) is 0 Å². The molecule has 1 aromatic carbocycles. The number of carbonyl (C=O) groups is 1. The Morgan fingerprint density at radius 3 is 2.64 bits per heavy atom. The molecule has 42 heavy (non-hydrogen) atoms. The fraction of sp³-hybridized carbons (Fsp3) is 0.618. The van der Waals surface area contributed by atoms with Gasteiger partial charge in [-0.15, -0.1) is 0 Å². The molecule has 8 heteroatoms. The monoisotopic (exact) mass is 581 g/mol. The van der Waals surface area contributed by atoms with Gasteiger partial charge in [0.25, 0.3) is 0 Å². The van der Waals surface area contributed by atoms with Gasteiger partial charge in [0.05, 0.1) is 32.3 Å². The number of fused-ring (bicyclic) bond motifs is 3. The number of piperidine rings is 1. The Hall–Kier alpha value is -2.65. The van der Waals surface area contributed by atoms with Crippen LogP contribution in [0.15, 0.2) is 59.0 Å². The van der Waals surface area contributed by atoms with Crippen LogP contribution in [0.25, 0.3) is 0 Å². The lowest BCUT2D eigenvalue weighted by Crippen LogP contribution is -2.57. The molecule has 6 atom stereocenters. The Morgan fingerprint density at radius 2 is 1.93 bits per heavy atom. The van der Waals surface area contributed by atoms with Crippen LogP contribution in [0, 0.1) is 17.8 Å². The highest BCUT2D eigenvalue weighted by atomic mass is 16.6. The van der Waals surface area contributed by atoms with Crippen molar-refractivity contribution in [1.82, 2.24) is 4.90 Å². The SMILES string of the molecule is CCCCCc1cccc(CC2CC(C(O)CC)N3CCC=C4OC(=C5OC(=O)C(CO)=C5OC)C(CO)C4C3C2)c1. The van der Waals surface area contributed by atoms with E-state index in [0.717, 1.165) is 44.4 Å². The average Bonchev–Trinajstić information content (AvgIpc) is 3.47. The predicted molar refractivity (Wildman–Crippen MR) is 159 cm³/mol. The Balaban J connectivity index is 1.46. The molecule has 230 valence electrons. The fourth-order valence-corrected chi connectivity index (χ4v) is 7.60. The number of carbonyl (C=O) groups excluding carboxylic acids is 1. The third-order valence-electron chi connectivity index (χ3n) is 9.63. The van der Waals surface area contributed by atoms with E-state index in [4.69, 9.17) is 14.2 Å². The van der Waals surface area contributed by atoms with Crippen molar-refractivity contribution in [2.24, 2.45) is 17.8 Å². The van der Waals surface area contributed by atoms with Crippen molar-refractivity contribution in [2.75, 3.05) is 26.9 Å². The van der Waals surface area contributed by atoms with E-state index >= 15 is 0 Å². The van der Waals surface area contributed by atoms with Gasteiger partial charge in [0.1, 0.15) is 11.3 Å². The van der Waals surface area contributed by atoms with Crippen LogP contribution >= 0.6 is 0 Å². The van der Waals surface area contributed by atoms with Gasteiger partial charge in [-0.3, -0.25) is 4.90 Å². The molecule has 0 amide bonds. The summed E-state index contributed by atoms with van der Waals surface area (Å²) in [6.45, 7) is 4.37. The van der Waals surface area contributed by atoms with Crippen molar-refractivity contribution in [1.29, 1.82) is 0 Å². The van der Waals surface area contributed by atoms with Gasteiger partial charge in [0.2, 0.25) is 5.76 Å². The Labute approximate surface area is 249 Å². The summed E-state index contributed by atoms with van der Waals surface area (Å²) in [7, 11) is 1.43. The fourth-order valence-electron chi connectivity index (χ4n) is 7.60. The molecule has 0 aromatic heterocycles. The first-order chi connectivity index (χ1) is 20.4. The van der Waals surface area contributed by atoms with Gasteiger partial charge in [-0.25, -0.2) is 4.79 Å². The van der Waals surface area contributed by atoms with Crippen molar-refractivity contribution in [3.8, 4) is 0 Å². The van der Waals surface area contributed by atoms with E-state index in [1.54, 1.807) is 0 Å². The van der Waals surface area contributed by atoms with Crippen LogP contribution < -0.4 is 0 Å². The number of esters is 1. The first-order valence-corrected chi connectivity index (χ1v) is 15.8. The minimum absolute atomic E-state index is 0.00927. The third kappa shape index (κ3) is 6.05. The summed E-state index contributed by atoms with van der Waals surface area (Å²) in [5.41, 5.74) is 2.77. The van der Waals surface area contributed by atoms with Crippen LogP contribution in [0.1, 0.15) is 69.9 Å². The molecule has 2 fully saturated rings. The molecule has 2 saturated heterocycles. The zero-order valence-electron chi connectivity index (χ0n) is 25.3. The van der Waals surface area contributed by atoms with E-state index < -0.39 is 24.6 Å². The van der Waals surface area contributed by atoms with Crippen LogP contribution in [0.5, 0.6) is 0 Å². The average molecular weight is 582 g/mol. The largest absolute Gasteiger partial charge is 0.492 e. The maximum atomic E-state index is 12.5. The molecule has 0 saturated carbocycles. The lowest BCUT2D eigenvalue weighted by atomic mass is 9.73. The summed E-state index contributed by atoms with van der Waals surface area (Å²) in [4.78, 5) is 14.9. The summed E-state index contributed by atoms with van der Waals surface area (Å²) in [6.07, 6.45) is 10.6. The van der Waals surface area contributed by atoms with Crippen LogP contribution in [0.3, 0.4) is 0 Å². The van der Waals surface area contributed by atoms with Crippen molar-refractivity contribution in [3.05, 3.63) is 70.1 Å². The minimum atomic E-state index is -0.666. The van der Waals surface area contributed by atoms with Gasteiger partial charge in [0.15, 0.2) is 11.5 Å². The highest BCUT2D eigenvalue weighted by Crippen LogP contribution is 2.50. The van der Waals surface area contributed by atoms with E-state index in [-0.39, 0.29) is 41.7 Å². The quantitative estimate of drug-likeness (QED) is 0.261. The first kappa shape index (κ1) is 30.8. The topological polar surface area (TPSA) is 109 Å². The Morgan fingerprint density at radius 1 is 1.12 bits per heavy atom. The molecule has 6 unspecified atom stereocenters. The maximum absolute atomic E-state index is 12.5. The lowest BCUT2D eigenvalue weighted by molar-refractivity contribution is -0.134. The summed E-state index contributed by atoms with van der Waals surface area (Å²) < 4.78 is 17.4.